The van der Waals surface area contributed by atoms with Crippen LogP contribution in [-0.4, -0.2) is 12.6 Å². The van der Waals surface area contributed by atoms with Crippen LogP contribution in [0.25, 0.3) is 0 Å². The normalized spacial score (nSPS) is 13.7. The van der Waals surface area contributed by atoms with Crippen molar-refractivity contribution in [2.24, 2.45) is 11.8 Å². The molecule has 98 valence electrons. The summed E-state index contributed by atoms with van der Waals surface area (Å²) in [5, 5.41) is 3.61. The van der Waals surface area contributed by atoms with Crippen molar-refractivity contribution in [3.05, 3.63) is 0 Å². The van der Waals surface area contributed by atoms with Gasteiger partial charge >= 0.3 is 0 Å². The molecule has 0 saturated heterocycles. The molecule has 1 N–H and O–H groups in total. The molecule has 0 aromatic carbocycles. The Bertz CT molecular complexity index is 140. The largest absolute Gasteiger partial charge is 0.314 e. The van der Waals surface area contributed by atoms with Gasteiger partial charge in [-0.1, -0.05) is 53.4 Å². The lowest BCUT2D eigenvalue weighted by molar-refractivity contribution is 0.432. The maximum Gasteiger partial charge on any atom is 0.00411 e. The Morgan fingerprint density at radius 2 is 1.38 bits per heavy atom. The molecule has 0 aliphatic heterocycles. The van der Waals surface area contributed by atoms with Crippen LogP contribution < -0.4 is 5.32 Å². The molecule has 0 aromatic rings. The molecule has 1 atom stereocenters. The van der Waals surface area contributed by atoms with Crippen LogP contribution in [0.1, 0.15) is 73.1 Å². The van der Waals surface area contributed by atoms with Gasteiger partial charge in [0.2, 0.25) is 0 Å². The van der Waals surface area contributed by atoms with Crippen molar-refractivity contribution >= 4 is 0 Å². The first-order chi connectivity index (χ1) is 7.52. The topological polar surface area (TPSA) is 12.0 Å². The molecule has 0 spiro atoms. The molecule has 0 fully saturated rings. The van der Waals surface area contributed by atoms with Crippen molar-refractivity contribution < 1.29 is 0 Å². The summed E-state index contributed by atoms with van der Waals surface area (Å²) in [6, 6.07) is 0.690. The lowest BCUT2D eigenvalue weighted by atomic mass is 10.0. The standard InChI is InChI=1S/C15H33N/c1-13(2)10-8-6-7-9-11-16-15(5)12-14(3)4/h13-16H,6-12H2,1-5H3. The zero-order valence-corrected chi connectivity index (χ0v) is 12.2. The van der Waals surface area contributed by atoms with Crippen molar-refractivity contribution in [2.75, 3.05) is 6.54 Å². The Labute approximate surface area is 103 Å². The molecule has 0 saturated carbocycles. The Kier molecular flexibility index (Phi) is 10.1. The molecule has 0 amide bonds. The number of unbranched alkanes of at least 4 members (excludes halogenated alkanes) is 3. The molecule has 0 rings (SSSR count). The predicted molar refractivity (Wildman–Crippen MR) is 74.8 cm³/mol. The van der Waals surface area contributed by atoms with Crippen LogP contribution in [0.3, 0.4) is 0 Å². The minimum Gasteiger partial charge on any atom is -0.314 e. The fourth-order valence-electron chi connectivity index (χ4n) is 2.17. The Balaban J connectivity index is 3.14. The lowest BCUT2D eigenvalue weighted by Crippen LogP contribution is -2.28. The zero-order chi connectivity index (χ0) is 12.4. The Hall–Kier alpha value is -0.0400. The van der Waals surface area contributed by atoms with Crippen LogP contribution in [0.4, 0.5) is 0 Å². The van der Waals surface area contributed by atoms with E-state index in [1.807, 2.05) is 0 Å². The number of rotatable bonds is 10. The van der Waals surface area contributed by atoms with Gasteiger partial charge in [-0.25, -0.2) is 0 Å². The van der Waals surface area contributed by atoms with Crippen LogP contribution in [-0.2, 0) is 0 Å². The third kappa shape index (κ3) is 12.0. The van der Waals surface area contributed by atoms with Crippen LogP contribution in [0.2, 0.25) is 0 Å². The highest BCUT2D eigenvalue weighted by atomic mass is 14.9. The highest BCUT2D eigenvalue weighted by Crippen LogP contribution is 2.09. The molecule has 0 bridgehead atoms. The van der Waals surface area contributed by atoms with E-state index in [1.54, 1.807) is 0 Å². The summed E-state index contributed by atoms with van der Waals surface area (Å²) in [7, 11) is 0. The average Bonchev–Trinajstić information content (AvgIpc) is 2.14. The van der Waals surface area contributed by atoms with Crippen molar-refractivity contribution in [3.63, 3.8) is 0 Å². The van der Waals surface area contributed by atoms with Crippen molar-refractivity contribution in [1.82, 2.24) is 5.32 Å². The smallest absolute Gasteiger partial charge is 0.00411 e. The Morgan fingerprint density at radius 1 is 0.750 bits per heavy atom. The van der Waals surface area contributed by atoms with Crippen molar-refractivity contribution in [3.8, 4) is 0 Å². The molecule has 0 aromatic heterocycles. The number of nitrogens with one attached hydrogen (secondary N) is 1. The second-order valence-corrected chi connectivity index (χ2v) is 6.08. The van der Waals surface area contributed by atoms with E-state index in [0.717, 1.165) is 11.8 Å². The second-order valence-electron chi connectivity index (χ2n) is 6.08. The van der Waals surface area contributed by atoms with Crippen LogP contribution >= 0.6 is 0 Å². The van der Waals surface area contributed by atoms with E-state index >= 15 is 0 Å². The van der Waals surface area contributed by atoms with Crippen LogP contribution in [0, 0.1) is 11.8 Å². The quantitative estimate of drug-likeness (QED) is 0.537. The molecule has 0 aliphatic rings. The minimum absolute atomic E-state index is 0.690. The molecule has 1 heteroatoms. The molecular weight excluding hydrogens is 194 g/mol. The lowest BCUT2D eigenvalue weighted by Gasteiger charge is -2.15. The highest BCUT2D eigenvalue weighted by molar-refractivity contribution is 4.62. The fraction of sp³-hybridized carbons (Fsp3) is 1.00. The zero-order valence-electron chi connectivity index (χ0n) is 12.2. The summed E-state index contributed by atoms with van der Waals surface area (Å²) < 4.78 is 0. The first-order valence-electron chi connectivity index (χ1n) is 7.25. The third-order valence-corrected chi connectivity index (χ3v) is 3.03. The van der Waals surface area contributed by atoms with E-state index in [4.69, 9.17) is 0 Å². The molecule has 16 heavy (non-hydrogen) atoms. The Morgan fingerprint density at radius 3 is 1.94 bits per heavy atom. The van der Waals surface area contributed by atoms with Gasteiger partial charge in [0.25, 0.3) is 0 Å². The first-order valence-corrected chi connectivity index (χ1v) is 7.25. The molecule has 1 unspecified atom stereocenters. The van der Waals surface area contributed by atoms with Gasteiger partial charge in [-0.05, 0) is 38.1 Å². The van der Waals surface area contributed by atoms with Crippen LogP contribution in [0.5, 0.6) is 0 Å². The maximum atomic E-state index is 3.61. The van der Waals surface area contributed by atoms with Gasteiger partial charge in [-0.3, -0.25) is 0 Å². The average molecular weight is 227 g/mol. The van der Waals surface area contributed by atoms with E-state index < -0.39 is 0 Å². The monoisotopic (exact) mass is 227 g/mol. The molecule has 1 nitrogen and oxygen atoms in total. The predicted octanol–water partition coefficient (Wildman–Crippen LogP) is 4.62. The van der Waals surface area contributed by atoms with E-state index in [1.165, 1.54) is 45.1 Å². The number of hydrogen-bond donors (Lipinski definition) is 1. The van der Waals surface area contributed by atoms with Gasteiger partial charge in [0.15, 0.2) is 0 Å². The molecule has 0 aliphatic carbocycles. The first kappa shape index (κ1) is 16.0. The van der Waals surface area contributed by atoms with Crippen molar-refractivity contribution in [2.45, 2.75) is 79.2 Å². The SMILES string of the molecule is CC(C)CCCCCCNC(C)CC(C)C. The summed E-state index contributed by atoms with van der Waals surface area (Å²) in [5.74, 6) is 1.69. The molecular formula is C15H33N. The summed E-state index contributed by atoms with van der Waals surface area (Å²) in [6.07, 6.45) is 8.27. The summed E-state index contributed by atoms with van der Waals surface area (Å²) in [5.41, 5.74) is 0. The van der Waals surface area contributed by atoms with E-state index in [0.29, 0.717) is 6.04 Å². The molecule has 0 radical (unpaired) electrons. The van der Waals surface area contributed by atoms with Gasteiger partial charge in [0.05, 0.1) is 0 Å². The summed E-state index contributed by atoms with van der Waals surface area (Å²) >= 11 is 0. The van der Waals surface area contributed by atoms with Gasteiger partial charge in [-0.15, -0.1) is 0 Å². The third-order valence-electron chi connectivity index (χ3n) is 3.03. The van der Waals surface area contributed by atoms with E-state index in [2.05, 4.69) is 39.9 Å². The van der Waals surface area contributed by atoms with Crippen LogP contribution in [0.15, 0.2) is 0 Å². The fourth-order valence-corrected chi connectivity index (χ4v) is 2.17. The minimum atomic E-state index is 0.690. The van der Waals surface area contributed by atoms with Gasteiger partial charge in [0, 0.05) is 6.04 Å². The van der Waals surface area contributed by atoms with Gasteiger partial charge in [0.1, 0.15) is 0 Å². The summed E-state index contributed by atoms with van der Waals surface area (Å²) in [4.78, 5) is 0. The second kappa shape index (κ2) is 10.1. The maximum absolute atomic E-state index is 3.61. The van der Waals surface area contributed by atoms with Gasteiger partial charge < -0.3 is 5.32 Å². The molecule has 0 heterocycles. The highest BCUT2D eigenvalue weighted by Gasteiger charge is 2.03. The van der Waals surface area contributed by atoms with Crippen molar-refractivity contribution in [1.29, 1.82) is 0 Å². The van der Waals surface area contributed by atoms with E-state index in [9.17, 15) is 0 Å². The summed E-state index contributed by atoms with van der Waals surface area (Å²) in [6.45, 7) is 12.7. The number of hydrogen-bond acceptors (Lipinski definition) is 1. The van der Waals surface area contributed by atoms with E-state index in [-0.39, 0.29) is 0 Å². The van der Waals surface area contributed by atoms with Gasteiger partial charge in [-0.2, -0.15) is 0 Å².